The number of nitriles is 1. The van der Waals surface area contributed by atoms with E-state index >= 15 is 0 Å². The minimum atomic E-state index is -0.472. The van der Waals surface area contributed by atoms with Crippen LogP contribution < -0.4 is 15.4 Å². The first-order chi connectivity index (χ1) is 8.19. The van der Waals surface area contributed by atoms with Crippen molar-refractivity contribution in [2.75, 3.05) is 12.4 Å². The Labute approximate surface area is 100 Å². The summed E-state index contributed by atoms with van der Waals surface area (Å²) in [6.45, 7) is 1.83. The summed E-state index contributed by atoms with van der Waals surface area (Å²) in [5, 5.41) is 13.9. The predicted octanol–water partition coefficient (Wildman–Crippen LogP) is 2.12. The number of rotatable bonds is 4. The van der Waals surface area contributed by atoms with Crippen molar-refractivity contribution in [2.24, 2.45) is 0 Å². The molecule has 2 amide bonds. The Kier molecular flexibility index (Phi) is 4.82. The van der Waals surface area contributed by atoms with Crippen LogP contribution in [0.1, 0.15) is 13.3 Å². The van der Waals surface area contributed by atoms with Gasteiger partial charge in [0.2, 0.25) is 0 Å². The van der Waals surface area contributed by atoms with Crippen molar-refractivity contribution < 1.29 is 9.53 Å². The van der Waals surface area contributed by atoms with Gasteiger partial charge in [0.15, 0.2) is 0 Å². The number of amides is 2. The molecule has 1 unspecified atom stereocenters. The van der Waals surface area contributed by atoms with Crippen LogP contribution in [0.15, 0.2) is 24.3 Å². The molecule has 0 fully saturated rings. The van der Waals surface area contributed by atoms with E-state index in [1.807, 2.05) is 13.0 Å². The highest BCUT2D eigenvalue weighted by molar-refractivity contribution is 5.89. The minimum Gasteiger partial charge on any atom is -0.497 e. The third-order valence-electron chi connectivity index (χ3n) is 2.20. The molecule has 0 aliphatic heterocycles. The molecule has 17 heavy (non-hydrogen) atoms. The Balaban J connectivity index is 2.59. The van der Waals surface area contributed by atoms with Crippen LogP contribution in [0.25, 0.3) is 0 Å². The summed E-state index contributed by atoms with van der Waals surface area (Å²) >= 11 is 0. The Morgan fingerprint density at radius 1 is 1.59 bits per heavy atom. The van der Waals surface area contributed by atoms with Crippen LogP contribution in [-0.2, 0) is 0 Å². The number of hydrogen-bond donors (Lipinski definition) is 2. The second-order valence-corrected chi connectivity index (χ2v) is 3.42. The zero-order chi connectivity index (χ0) is 12.7. The number of ether oxygens (including phenoxy) is 1. The highest BCUT2D eigenvalue weighted by atomic mass is 16.5. The van der Waals surface area contributed by atoms with Crippen LogP contribution in [0.5, 0.6) is 5.75 Å². The van der Waals surface area contributed by atoms with E-state index in [9.17, 15) is 4.79 Å². The van der Waals surface area contributed by atoms with Crippen molar-refractivity contribution in [1.29, 1.82) is 5.26 Å². The molecule has 1 aromatic rings. The van der Waals surface area contributed by atoms with Crippen LogP contribution in [0, 0.1) is 11.3 Å². The summed E-state index contributed by atoms with van der Waals surface area (Å²) < 4.78 is 5.04. The lowest BCUT2D eigenvalue weighted by molar-refractivity contribution is 0.250. The van der Waals surface area contributed by atoms with E-state index in [1.165, 1.54) is 0 Å². The number of urea groups is 1. The normalized spacial score (nSPS) is 11.1. The quantitative estimate of drug-likeness (QED) is 0.836. The largest absolute Gasteiger partial charge is 0.497 e. The van der Waals surface area contributed by atoms with Crippen LogP contribution in [-0.4, -0.2) is 19.2 Å². The van der Waals surface area contributed by atoms with Crippen molar-refractivity contribution >= 4 is 11.7 Å². The number of anilines is 1. The molecule has 0 saturated heterocycles. The Morgan fingerprint density at radius 3 is 2.94 bits per heavy atom. The van der Waals surface area contributed by atoms with Gasteiger partial charge >= 0.3 is 6.03 Å². The predicted molar refractivity (Wildman–Crippen MR) is 64.8 cm³/mol. The molecule has 0 bridgehead atoms. The van der Waals surface area contributed by atoms with Gasteiger partial charge in [-0.3, -0.25) is 0 Å². The maximum Gasteiger partial charge on any atom is 0.320 e. The summed E-state index contributed by atoms with van der Waals surface area (Å²) in [5.74, 6) is 0.662. The first kappa shape index (κ1) is 12.8. The molecule has 0 radical (unpaired) electrons. The maximum absolute atomic E-state index is 11.5. The minimum absolute atomic E-state index is 0.397. The van der Waals surface area contributed by atoms with E-state index in [-0.39, 0.29) is 0 Å². The molecule has 0 aliphatic rings. The second-order valence-electron chi connectivity index (χ2n) is 3.42. The average molecular weight is 233 g/mol. The zero-order valence-electron chi connectivity index (χ0n) is 9.86. The van der Waals surface area contributed by atoms with Crippen LogP contribution in [0.4, 0.5) is 10.5 Å². The molecule has 5 heteroatoms. The molecular formula is C12H15N3O2. The molecule has 1 rings (SSSR count). The average Bonchev–Trinajstić information content (AvgIpc) is 2.36. The molecule has 0 spiro atoms. The number of carbonyl (C=O) groups excluding carboxylic acids is 1. The van der Waals surface area contributed by atoms with Gasteiger partial charge in [0.1, 0.15) is 11.8 Å². The Bertz CT molecular complexity index is 426. The fourth-order valence-corrected chi connectivity index (χ4v) is 1.25. The lowest BCUT2D eigenvalue weighted by atomic mass is 10.2. The van der Waals surface area contributed by atoms with Crippen LogP contribution in [0.2, 0.25) is 0 Å². The van der Waals surface area contributed by atoms with Gasteiger partial charge in [-0.05, 0) is 18.6 Å². The van der Waals surface area contributed by atoms with E-state index in [4.69, 9.17) is 10.00 Å². The molecule has 0 heterocycles. The molecule has 0 aliphatic carbocycles. The van der Waals surface area contributed by atoms with Gasteiger partial charge in [0, 0.05) is 11.8 Å². The van der Waals surface area contributed by atoms with Gasteiger partial charge in [-0.1, -0.05) is 13.0 Å². The standard InChI is InChI=1S/C12H15N3O2/c1-3-9(8-13)14-12(16)15-10-5-4-6-11(7-10)17-2/h4-7,9H,3H2,1-2H3,(H2,14,15,16). The lowest BCUT2D eigenvalue weighted by Gasteiger charge is -2.11. The van der Waals surface area contributed by atoms with Crippen LogP contribution >= 0.6 is 0 Å². The summed E-state index contributed by atoms with van der Waals surface area (Å²) in [7, 11) is 1.56. The summed E-state index contributed by atoms with van der Waals surface area (Å²) in [4.78, 5) is 11.5. The molecule has 2 N–H and O–H groups in total. The number of carbonyl (C=O) groups is 1. The van der Waals surface area contributed by atoms with Gasteiger partial charge in [0.05, 0.1) is 13.2 Å². The number of nitrogens with zero attached hydrogens (tertiary/aromatic N) is 1. The molecule has 0 aromatic heterocycles. The van der Waals surface area contributed by atoms with E-state index in [0.29, 0.717) is 17.9 Å². The lowest BCUT2D eigenvalue weighted by Crippen LogP contribution is -2.36. The van der Waals surface area contributed by atoms with Gasteiger partial charge < -0.3 is 15.4 Å². The molecule has 5 nitrogen and oxygen atoms in total. The van der Waals surface area contributed by atoms with Crippen molar-refractivity contribution in [3.8, 4) is 11.8 Å². The van der Waals surface area contributed by atoms with Crippen molar-refractivity contribution in [1.82, 2.24) is 5.32 Å². The first-order valence-electron chi connectivity index (χ1n) is 5.30. The van der Waals surface area contributed by atoms with E-state index in [1.54, 1.807) is 31.4 Å². The molecule has 0 saturated carbocycles. The number of hydrogen-bond acceptors (Lipinski definition) is 3. The summed E-state index contributed by atoms with van der Waals surface area (Å²) in [6.07, 6.45) is 0.571. The summed E-state index contributed by atoms with van der Waals surface area (Å²) in [6, 6.07) is 8.13. The van der Waals surface area contributed by atoms with Gasteiger partial charge in [-0.25, -0.2) is 4.79 Å². The molecule has 1 aromatic carbocycles. The SMILES string of the molecule is CCC(C#N)NC(=O)Nc1cccc(OC)c1. The second kappa shape index (κ2) is 6.38. The van der Waals surface area contributed by atoms with Gasteiger partial charge in [-0.2, -0.15) is 5.26 Å². The maximum atomic E-state index is 11.5. The smallest absolute Gasteiger partial charge is 0.320 e. The molecular weight excluding hydrogens is 218 g/mol. The number of benzene rings is 1. The zero-order valence-corrected chi connectivity index (χ0v) is 9.86. The topological polar surface area (TPSA) is 74.2 Å². The molecule has 1 atom stereocenters. The Morgan fingerprint density at radius 2 is 2.35 bits per heavy atom. The summed E-state index contributed by atoms with van der Waals surface area (Å²) in [5.41, 5.74) is 0.620. The fraction of sp³-hybridized carbons (Fsp3) is 0.333. The third-order valence-corrected chi connectivity index (χ3v) is 2.20. The highest BCUT2D eigenvalue weighted by Crippen LogP contribution is 2.16. The highest BCUT2D eigenvalue weighted by Gasteiger charge is 2.08. The molecule has 90 valence electrons. The van der Waals surface area contributed by atoms with Gasteiger partial charge in [-0.15, -0.1) is 0 Å². The van der Waals surface area contributed by atoms with E-state index < -0.39 is 12.1 Å². The van der Waals surface area contributed by atoms with E-state index in [2.05, 4.69) is 10.6 Å². The monoisotopic (exact) mass is 233 g/mol. The number of nitrogens with one attached hydrogen (secondary N) is 2. The Hall–Kier alpha value is -2.22. The third kappa shape index (κ3) is 4.03. The van der Waals surface area contributed by atoms with Gasteiger partial charge in [0.25, 0.3) is 0 Å². The first-order valence-corrected chi connectivity index (χ1v) is 5.30. The fourth-order valence-electron chi connectivity index (χ4n) is 1.25. The van der Waals surface area contributed by atoms with E-state index in [0.717, 1.165) is 0 Å². The van der Waals surface area contributed by atoms with Crippen LogP contribution in [0.3, 0.4) is 0 Å². The van der Waals surface area contributed by atoms with Crippen molar-refractivity contribution in [3.63, 3.8) is 0 Å². The number of methoxy groups -OCH3 is 1. The van der Waals surface area contributed by atoms with Crippen molar-refractivity contribution in [2.45, 2.75) is 19.4 Å². The van der Waals surface area contributed by atoms with Crippen molar-refractivity contribution in [3.05, 3.63) is 24.3 Å².